The maximum atomic E-state index is 12.6. The number of esters is 1. The van der Waals surface area contributed by atoms with Gasteiger partial charge in [-0.3, -0.25) is 4.79 Å². The number of nitrogens with one attached hydrogen (secondary N) is 1. The van der Waals surface area contributed by atoms with Gasteiger partial charge in [0.15, 0.2) is 0 Å². The Bertz CT molecular complexity index is 945. The van der Waals surface area contributed by atoms with Crippen LogP contribution in [0.2, 0.25) is 5.02 Å². The van der Waals surface area contributed by atoms with E-state index in [1.54, 1.807) is 41.8 Å². The van der Waals surface area contributed by atoms with E-state index in [0.29, 0.717) is 28.6 Å². The number of nitrogens with zero attached hydrogens (tertiary/aromatic N) is 1. The molecular formula is C19H17ClN2O3. The van der Waals surface area contributed by atoms with Crippen LogP contribution in [0.25, 0.3) is 10.9 Å². The number of aryl methyl sites for hydroxylation is 1. The number of ether oxygens (including phenoxy) is 1. The molecular weight excluding hydrogens is 340 g/mol. The first-order chi connectivity index (χ1) is 12.0. The van der Waals surface area contributed by atoms with Gasteiger partial charge in [0.05, 0.1) is 12.2 Å². The third kappa shape index (κ3) is 3.51. The van der Waals surface area contributed by atoms with Crippen molar-refractivity contribution >= 4 is 40.1 Å². The minimum Gasteiger partial charge on any atom is -0.462 e. The smallest absolute Gasteiger partial charge is 0.338 e. The highest BCUT2D eigenvalue weighted by molar-refractivity contribution is 6.31. The second-order valence-electron chi connectivity index (χ2n) is 5.54. The summed E-state index contributed by atoms with van der Waals surface area (Å²) in [6, 6.07) is 13.9. The highest BCUT2D eigenvalue weighted by atomic mass is 35.5. The molecule has 6 heteroatoms. The van der Waals surface area contributed by atoms with Crippen molar-refractivity contribution in [2.75, 3.05) is 11.9 Å². The zero-order chi connectivity index (χ0) is 18.0. The first-order valence-electron chi connectivity index (χ1n) is 7.83. The van der Waals surface area contributed by atoms with E-state index < -0.39 is 0 Å². The molecule has 1 N–H and O–H groups in total. The van der Waals surface area contributed by atoms with Crippen LogP contribution < -0.4 is 5.32 Å². The Morgan fingerprint density at radius 2 is 1.84 bits per heavy atom. The first kappa shape index (κ1) is 17.0. The highest BCUT2D eigenvalue weighted by Gasteiger charge is 2.14. The van der Waals surface area contributed by atoms with Gasteiger partial charge in [-0.2, -0.15) is 0 Å². The van der Waals surface area contributed by atoms with Crippen molar-refractivity contribution < 1.29 is 14.3 Å². The van der Waals surface area contributed by atoms with Gasteiger partial charge in [0.25, 0.3) is 5.91 Å². The van der Waals surface area contributed by atoms with Crippen molar-refractivity contribution in [3.8, 4) is 0 Å². The minimum atomic E-state index is -0.383. The average molecular weight is 357 g/mol. The number of hydrogen-bond donors (Lipinski definition) is 1. The predicted molar refractivity (Wildman–Crippen MR) is 98.3 cm³/mol. The number of halogens is 1. The maximum absolute atomic E-state index is 12.6. The van der Waals surface area contributed by atoms with Crippen molar-refractivity contribution in [2.45, 2.75) is 6.92 Å². The number of amides is 1. The lowest BCUT2D eigenvalue weighted by molar-refractivity contribution is 0.0526. The summed E-state index contributed by atoms with van der Waals surface area (Å²) in [5.41, 5.74) is 2.45. The van der Waals surface area contributed by atoms with E-state index in [4.69, 9.17) is 16.3 Å². The Labute approximate surface area is 150 Å². The summed E-state index contributed by atoms with van der Waals surface area (Å²) in [7, 11) is 1.82. The summed E-state index contributed by atoms with van der Waals surface area (Å²) in [5, 5.41) is 4.39. The van der Waals surface area contributed by atoms with Crippen molar-refractivity contribution in [2.24, 2.45) is 7.05 Å². The van der Waals surface area contributed by atoms with Crippen molar-refractivity contribution in [3.05, 3.63) is 64.8 Å². The number of benzene rings is 2. The van der Waals surface area contributed by atoms with Crippen LogP contribution in [-0.2, 0) is 11.8 Å². The summed E-state index contributed by atoms with van der Waals surface area (Å²) >= 11 is 6.02. The molecule has 1 heterocycles. The zero-order valence-electron chi connectivity index (χ0n) is 13.9. The molecule has 0 saturated heterocycles. The lowest BCUT2D eigenvalue weighted by Crippen LogP contribution is -2.15. The Morgan fingerprint density at radius 3 is 2.52 bits per heavy atom. The van der Waals surface area contributed by atoms with E-state index >= 15 is 0 Å². The fourth-order valence-electron chi connectivity index (χ4n) is 2.62. The Morgan fingerprint density at radius 1 is 1.12 bits per heavy atom. The highest BCUT2D eigenvalue weighted by Crippen LogP contribution is 2.23. The average Bonchev–Trinajstić information content (AvgIpc) is 2.92. The van der Waals surface area contributed by atoms with E-state index in [1.165, 1.54) is 0 Å². The fourth-order valence-corrected chi connectivity index (χ4v) is 2.79. The topological polar surface area (TPSA) is 60.3 Å². The van der Waals surface area contributed by atoms with Crippen LogP contribution in [-0.4, -0.2) is 23.1 Å². The third-order valence-corrected chi connectivity index (χ3v) is 4.13. The van der Waals surface area contributed by atoms with Crippen LogP contribution in [0, 0.1) is 0 Å². The molecule has 0 fully saturated rings. The molecule has 0 aliphatic heterocycles. The van der Waals surface area contributed by atoms with Crippen molar-refractivity contribution in [1.29, 1.82) is 0 Å². The van der Waals surface area contributed by atoms with E-state index in [9.17, 15) is 9.59 Å². The molecule has 0 atom stereocenters. The van der Waals surface area contributed by atoms with Gasteiger partial charge in [-0.15, -0.1) is 0 Å². The Balaban J connectivity index is 1.80. The van der Waals surface area contributed by atoms with Gasteiger partial charge in [0.1, 0.15) is 5.69 Å². The number of carbonyl (C=O) groups excluding carboxylic acids is 2. The zero-order valence-corrected chi connectivity index (χ0v) is 14.6. The van der Waals surface area contributed by atoms with Gasteiger partial charge in [0, 0.05) is 28.7 Å². The number of hydrogen-bond acceptors (Lipinski definition) is 3. The minimum absolute atomic E-state index is 0.237. The number of rotatable bonds is 4. The standard InChI is InChI=1S/C19H17ClN2O3/c1-3-25-19(24)12-5-8-15(9-6-12)21-18(23)17-10-13-4-7-14(20)11-16(13)22(17)2/h4-11H,3H2,1-2H3,(H,21,23). The molecule has 1 aromatic heterocycles. The van der Waals surface area contributed by atoms with Crippen LogP contribution in [0.5, 0.6) is 0 Å². The number of aromatic nitrogens is 1. The molecule has 0 aliphatic rings. The maximum Gasteiger partial charge on any atom is 0.338 e. The van der Waals surface area contributed by atoms with Crippen LogP contribution in [0.4, 0.5) is 5.69 Å². The summed E-state index contributed by atoms with van der Waals surface area (Å²) in [6.07, 6.45) is 0. The molecule has 0 bridgehead atoms. The molecule has 0 aliphatic carbocycles. The quantitative estimate of drug-likeness (QED) is 0.710. The molecule has 2 aromatic carbocycles. The van der Waals surface area contributed by atoms with Crippen molar-refractivity contribution in [3.63, 3.8) is 0 Å². The van der Waals surface area contributed by atoms with Crippen LogP contribution in [0.15, 0.2) is 48.5 Å². The molecule has 3 aromatic rings. The third-order valence-electron chi connectivity index (χ3n) is 3.89. The van der Waals surface area contributed by atoms with Crippen LogP contribution >= 0.6 is 11.6 Å². The predicted octanol–water partition coefficient (Wildman–Crippen LogP) is 4.26. The van der Waals surface area contributed by atoms with E-state index in [-0.39, 0.29) is 11.9 Å². The molecule has 5 nitrogen and oxygen atoms in total. The van der Waals surface area contributed by atoms with E-state index in [1.807, 2.05) is 25.2 Å². The molecule has 0 radical (unpaired) electrons. The van der Waals surface area contributed by atoms with Crippen LogP contribution in [0.3, 0.4) is 0 Å². The molecule has 0 unspecified atom stereocenters. The molecule has 25 heavy (non-hydrogen) atoms. The van der Waals surface area contributed by atoms with Gasteiger partial charge in [-0.05, 0) is 49.4 Å². The van der Waals surface area contributed by atoms with Crippen LogP contribution in [0.1, 0.15) is 27.8 Å². The second kappa shape index (κ2) is 6.99. The lowest BCUT2D eigenvalue weighted by atomic mass is 10.2. The van der Waals surface area contributed by atoms with Gasteiger partial charge in [0.2, 0.25) is 0 Å². The summed E-state index contributed by atoms with van der Waals surface area (Å²) in [6.45, 7) is 2.08. The van der Waals surface area contributed by atoms with Crippen molar-refractivity contribution in [1.82, 2.24) is 4.57 Å². The lowest BCUT2D eigenvalue weighted by Gasteiger charge is -2.07. The fraction of sp³-hybridized carbons (Fsp3) is 0.158. The molecule has 0 spiro atoms. The molecule has 3 rings (SSSR count). The Hall–Kier alpha value is -2.79. The summed E-state index contributed by atoms with van der Waals surface area (Å²) in [4.78, 5) is 24.2. The molecule has 1 amide bonds. The van der Waals surface area contributed by atoms with Gasteiger partial charge < -0.3 is 14.6 Å². The second-order valence-corrected chi connectivity index (χ2v) is 5.98. The monoisotopic (exact) mass is 356 g/mol. The van der Waals surface area contributed by atoms with Gasteiger partial charge >= 0.3 is 5.97 Å². The SMILES string of the molecule is CCOC(=O)c1ccc(NC(=O)c2cc3ccc(Cl)cc3n2C)cc1. The van der Waals surface area contributed by atoms with E-state index in [0.717, 1.165) is 10.9 Å². The first-order valence-corrected chi connectivity index (χ1v) is 8.21. The van der Waals surface area contributed by atoms with Gasteiger partial charge in [-0.25, -0.2) is 4.79 Å². The summed E-state index contributed by atoms with van der Waals surface area (Å²) < 4.78 is 6.73. The van der Waals surface area contributed by atoms with Gasteiger partial charge in [-0.1, -0.05) is 17.7 Å². The summed E-state index contributed by atoms with van der Waals surface area (Å²) in [5.74, 6) is -0.621. The molecule has 128 valence electrons. The molecule has 0 saturated carbocycles. The normalized spacial score (nSPS) is 10.7. The number of anilines is 1. The number of fused-ring (bicyclic) bond motifs is 1. The Kier molecular flexibility index (Phi) is 4.76. The van der Waals surface area contributed by atoms with E-state index in [2.05, 4.69) is 5.32 Å². The largest absolute Gasteiger partial charge is 0.462 e. The number of carbonyl (C=O) groups is 2.